The topological polar surface area (TPSA) is 65.7 Å². The molecule has 3 aromatic carbocycles. The number of methoxy groups -OCH3 is 1. The van der Waals surface area contributed by atoms with E-state index < -0.39 is 0 Å². The normalized spacial score (nSPS) is 11.5. The van der Waals surface area contributed by atoms with E-state index in [-0.39, 0.29) is 12.2 Å². The van der Waals surface area contributed by atoms with Crippen LogP contribution in [-0.4, -0.2) is 22.5 Å². The van der Waals surface area contributed by atoms with E-state index in [9.17, 15) is 4.79 Å². The molecule has 0 unspecified atom stereocenters. The number of hydrogen-bond acceptors (Lipinski definition) is 5. The Morgan fingerprint density at radius 1 is 0.968 bits per heavy atom. The van der Waals surface area contributed by atoms with Crippen molar-refractivity contribution in [2.24, 2.45) is 5.10 Å². The zero-order chi connectivity index (χ0) is 21.8. The Morgan fingerprint density at radius 2 is 1.65 bits per heavy atom. The molecule has 156 valence electrons. The molecule has 0 atom stereocenters. The maximum Gasteiger partial charge on any atom is 0.282 e. The summed E-state index contributed by atoms with van der Waals surface area (Å²) in [7, 11) is 1.62. The first-order valence-electron chi connectivity index (χ1n) is 9.95. The number of ether oxygens (including phenoxy) is 2. The fourth-order valence-electron chi connectivity index (χ4n) is 3.19. The summed E-state index contributed by atoms with van der Waals surface area (Å²) in [6.07, 6.45) is 0. The molecule has 0 aliphatic heterocycles. The van der Waals surface area contributed by atoms with Gasteiger partial charge in [-0.25, -0.2) is 4.98 Å². The molecule has 0 amide bonds. The lowest BCUT2D eigenvalue weighted by atomic mass is 10.1. The minimum absolute atomic E-state index is 0.114. The monoisotopic (exact) mass is 413 g/mol. The van der Waals surface area contributed by atoms with Gasteiger partial charge in [0, 0.05) is 0 Å². The van der Waals surface area contributed by atoms with Crippen LogP contribution < -0.4 is 15.0 Å². The largest absolute Gasteiger partial charge is 0.497 e. The molecule has 6 nitrogen and oxygen atoms in total. The summed E-state index contributed by atoms with van der Waals surface area (Å²) in [4.78, 5) is 17.9. The standard InChI is InChI=1S/C25H23N3O3/c1-17-8-12-21(13-9-17)31-16-24-26-23-7-5-4-6-22(23)25(29)28(24)27-18(2)19-10-14-20(30-3)15-11-19/h4-15H,16H2,1-3H3/b27-18+. The van der Waals surface area contributed by atoms with E-state index in [0.29, 0.717) is 28.2 Å². The van der Waals surface area contributed by atoms with Crippen molar-refractivity contribution in [1.29, 1.82) is 0 Å². The van der Waals surface area contributed by atoms with Gasteiger partial charge in [0.2, 0.25) is 0 Å². The smallest absolute Gasteiger partial charge is 0.282 e. The van der Waals surface area contributed by atoms with E-state index in [1.54, 1.807) is 13.2 Å². The first kappa shape index (κ1) is 20.3. The molecule has 1 heterocycles. The summed E-state index contributed by atoms with van der Waals surface area (Å²) in [6.45, 7) is 3.99. The fraction of sp³-hybridized carbons (Fsp3) is 0.160. The van der Waals surface area contributed by atoms with Gasteiger partial charge < -0.3 is 9.47 Å². The zero-order valence-corrected chi connectivity index (χ0v) is 17.7. The van der Waals surface area contributed by atoms with Crippen molar-refractivity contribution in [2.75, 3.05) is 7.11 Å². The van der Waals surface area contributed by atoms with E-state index in [0.717, 1.165) is 16.9 Å². The van der Waals surface area contributed by atoms with Crippen LogP contribution in [-0.2, 0) is 6.61 Å². The molecule has 0 fully saturated rings. The van der Waals surface area contributed by atoms with Gasteiger partial charge >= 0.3 is 0 Å². The lowest BCUT2D eigenvalue weighted by Gasteiger charge is -2.12. The molecule has 0 N–H and O–H groups in total. The predicted octanol–water partition coefficient (Wildman–Crippen LogP) is 4.56. The molecule has 4 aromatic rings. The van der Waals surface area contributed by atoms with Gasteiger partial charge in [0.25, 0.3) is 5.56 Å². The zero-order valence-electron chi connectivity index (χ0n) is 17.7. The van der Waals surface area contributed by atoms with Crippen molar-refractivity contribution in [3.05, 3.63) is 100 Å². The van der Waals surface area contributed by atoms with Crippen LogP contribution in [0.3, 0.4) is 0 Å². The van der Waals surface area contributed by atoms with E-state index in [2.05, 4.69) is 10.1 Å². The van der Waals surface area contributed by atoms with Gasteiger partial charge in [-0.3, -0.25) is 4.79 Å². The minimum Gasteiger partial charge on any atom is -0.497 e. The minimum atomic E-state index is -0.235. The molecule has 31 heavy (non-hydrogen) atoms. The molecule has 0 spiro atoms. The summed E-state index contributed by atoms with van der Waals surface area (Å²) in [5.74, 6) is 1.89. The van der Waals surface area contributed by atoms with Gasteiger partial charge in [-0.2, -0.15) is 9.78 Å². The predicted molar refractivity (Wildman–Crippen MR) is 122 cm³/mol. The van der Waals surface area contributed by atoms with Gasteiger partial charge in [-0.15, -0.1) is 0 Å². The molecular weight excluding hydrogens is 390 g/mol. The summed E-state index contributed by atoms with van der Waals surface area (Å²) >= 11 is 0. The number of nitrogens with zero attached hydrogens (tertiary/aromatic N) is 3. The van der Waals surface area contributed by atoms with Crippen LogP contribution >= 0.6 is 0 Å². The second kappa shape index (κ2) is 8.83. The molecule has 0 saturated carbocycles. The third-order valence-electron chi connectivity index (χ3n) is 4.97. The molecule has 0 saturated heterocycles. The fourth-order valence-corrected chi connectivity index (χ4v) is 3.19. The Bertz CT molecular complexity index is 1290. The van der Waals surface area contributed by atoms with Crippen molar-refractivity contribution in [3.63, 3.8) is 0 Å². The molecule has 0 bridgehead atoms. The van der Waals surface area contributed by atoms with Gasteiger partial charge in [0.05, 0.1) is 23.7 Å². The highest BCUT2D eigenvalue weighted by Crippen LogP contribution is 2.16. The van der Waals surface area contributed by atoms with Crippen LogP contribution in [0.15, 0.2) is 82.7 Å². The van der Waals surface area contributed by atoms with Crippen LogP contribution in [0, 0.1) is 6.92 Å². The Morgan fingerprint density at radius 3 is 2.35 bits per heavy atom. The molecule has 1 aromatic heterocycles. The number of aromatic nitrogens is 2. The number of para-hydroxylation sites is 1. The number of benzene rings is 3. The first-order valence-corrected chi connectivity index (χ1v) is 9.95. The van der Waals surface area contributed by atoms with Gasteiger partial charge in [-0.05, 0) is 67.9 Å². The molecular formula is C25H23N3O3. The van der Waals surface area contributed by atoms with E-state index in [1.165, 1.54) is 4.68 Å². The maximum atomic E-state index is 13.2. The number of fused-ring (bicyclic) bond motifs is 1. The van der Waals surface area contributed by atoms with Crippen LogP contribution in [0.25, 0.3) is 10.9 Å². The summed E-state index contributed by atoms with van der Waals surface area (Å²) in [5, 5.41) is 5.11. The van der Waals surface area contributed by atoms with Crippen molar-refractivity contribution >= 4 is 16.6 Å². The van der Waals surface area contributed by atoms with Crippen LogP contribution in [0.5, 0.6) is 11.5 Å². The van der Waals surface area contributed by atoms with Gasteiger partial charge in [0.1, 0.15) is 18.1 Å². The van der Waals surface area contributed by atoms with Gasteiger partial charge in [0.15, 0.2) is 5.82 Å². The number of rotatable bonds is 6. The first-order chi connectivity index (χ1) is 15.0. The van der Waals surface area contributed by atoms with E-state index >= 15 is 0 Å². The SMILES string of the molecule is COc1ccc(/C(C)=N/n2c(COc3ccc(C)cc3)nc3ccccc3c2=O)cc1. The highest BCUT2D eigenvalue weighted by Gasteiger charge is 2.12. The number of hydrogen-bond donors (Lipinski definition) is 0. The van der Waals surface area contributed by atoms with Gasteiger partial charge in [-0.1, -0.05) is 29.8 Å². The van der Waals surface area contributed by atoms with Crippen molar-refractivity contribution in [1.82, 2.24) is 9.66 Å². The molecule has 0 aliphatic rings. The second-order valence-corrected chi connectivity index (χ2v) is 7.18. The summed E-state index contributed by atoms with van der Waals surface area (Å²) in [6, 6.07) is 22.5. The maximum absolute atomic E-state index is 13.2. The molecule has 6 heteroatoms. The molecule has 0 aliphatic carbocycles. The van der Waals surface area contributed by atoms with Crippen molar-refractivity contribution in [2.45, 2.75) is 20.5 Å². The van der Waals surface area contributed by atoms with Crippen LogP contribution in [0.4, 0.5) is 0 Å². The quantitative estimate of drug-likeness (QED) is 0.435. The van der Waals surface area contributed by atoms with Crippen molar-refractivity contribution < 1.29 is 9.47 Å². The highest BCUT2D eigenvalue weighted by atomic mass is 16.5. The molecule has 4 rings (SSSR count). The summed E-state index contributed by atoms with van der Waals surface area (Å²) in [5.41, 5.74) is 3.09. The van der Waals surface area contributed by atoms with E-state index in [4.69, 9.17) is 9.47 Å². The second-order valence-electron chi connectivity index (χ2n) is 7.18. The Kier molecular flexibility index (Phi) is 5.80. The Labute approximate surface area is 180 Å². The lowest BCUT2D eigenvalue weighted by molar-refractivity contribution is 0.289. The van der Waals surface area contributed by atoms with E-state index in [1.807, 2.05) is 80.6 Å². The summed E-state index contributed by atoms with van der Waals surface area (Å²) < 4.78 is 12.4. The van der Waals surface area contributed by atoms with Crippen LogP contribution in [0.2, 0.25) is 0 Å². The highest BCUT2D eigenvalue weighted by molar-refractivity contribution is 5.98. The third kappa shape index (κ3) is 4.48. The van der Waals surface area contributed by atoms with Crippen LogP contribution in [0.1, 0.15) is 23.9 Å². The van der Waals surface area contributed by atoms with Crippen molar-refractivity contribution in [3.8, 4) is 11.5 Å². The third-order valence-corrected chi connectivity index (χ3v) is 4.97. The Balaban J connectivity index is 1.75. The Hall–Kier alpha value is -3.93. The lowest BCUT2D eigenvalue weighted by Crippen LogP contribution is -2.24. The average molecular weight is 413 g/mol. The average Bonchev–Trinajstić information content (AvgIpc) is 2.81. The molecule has 0 radical (unpaired) electrons. The number of aryl methyl sites for hydroxylation is 1.